The first-order valence-corrected chi connectivity index (χ1v) is 6.86. The van der Waals surface area contributed by atoms with Crippen molar-refractivity contribution in [2.24, 2.45) is 0 Å². The second kappa shape index (κ2) is 4.38. The number of methoxy groups -OCH3 is 1. The third-order valence-electron chi connectivity index (χ3n) is 2.11. The number of benzene rings is 1. The minimum Gasteiger partial charge on any atom is -0.497 e. The lowest BCUT2D eigenvalue weighted by Gasteiger charge is -2.06. The third kappa shape index (κ3) is 2.42. The number of aromatic nitrogens is 1. The molecule has 1 aromatic carbocycles. The number of hydrogen-bond acceptors (Lipinski definition) is 5. The molecule has 0 amide bonds. The van der Waals surface area contributed by atoms with E-state index < -0.39 is 9.05 Å². The van der Waals surface area contributed by atoms with Gasteiger partial charge in [-0.1, -0.05) is 0 Å². The number of oxazole rings is 1. The monoisotopic (exact) mass is 273 g/mol. The van der Waals surface area contributed by atoms with Gasteiger partial charge in [-0.3, -0.25) is 0 Å². The Bertz CT molecular complexity index is 622. The van der Waals surface area contributed by atoms with Gasteiger partial charge in [0.05, 0.1) is 23.8 Å². The maximum absolute atomic E-state index is 11.4. The van der Waals surface area contributed by atoms with Crippen molar-refractivity contribution in [3.63, 3.8) is 0 Å². The van der Waals surface area contributed by atoms with E-state index in [4.69, 9.17) is 19.8 Å². The zero-order chi connectivity index (χ0) is 12.5. The first-order chi connectivity index (χ1) is 8.02. The van der Waals surface area contributed by atoms with Crippen LogP contribution in [0.4, 0.5) is 0 Å². The zero-order valence-corrected chi connectivity index (χ0v) is 10.3. The molecule has 1 heterocycles. The van der Waals surface area contributed by atoms with E-state index in [0.29, 0.717) is 5.75 Å². The smallest absolute Gasteiger partial charge is 0.262 e. The molecule has 0 fully saturated rings. The van der Waals surface area contributed by atoms with Crippen molar-refractivity contribution < 1.29 is 17.6 Å². The van der Waals surface area contributed by atoms with Crippen LogP contribution in [-0.4, -0.2) is 20.5 Å². The average Bonchev–Trinajstić information content (AvgIpc) is 2.80. The molecule has 90 valence electrons. The summed E-state index contributed by atoms with van der Waals surface area (Å²) in [5.41, 5.74) is 0.268. The largest absolute Gasteiger partial charge is 0.497 e. The molecule has 2 rings (SSSR count). The van der Waals surface area contributed by atoms with E-state index in [1.165, 1.54) is 37.8 Å². The van der Waals surface area contributed by atoms with Crippen molar-refractivity contribution in [3.8, 4) is 17.2 Å². The lowest BCUT2D eigenvalue weighted by molar-refractivity contribution is 0.414. The van der Waals surface area contributed by atoms with E-state index in [2.05, 4.69) is 4.98 Å². The molecule has 0 bridgehead atoms. The molecule has 0 spiro atoms. The summed E-state index contributed by atoms with van der Waals surface area (Å²) >= 11 is 0. The second-order valence-corrected chi connectivity index (χ2v) is 5.67. The second-order valence-electron chi connectivity index (χ2n) is 3.14. The molecule has 0 unspecified atom stereocenters. The molecule has 1 aromatic heterocycles. The highest BCUT2D eigenvalue weighted by Gasteiger charge is 2.20. The lowest BCUT2D eigenvalue weighted by atomic mass is 10.2. The molecular weight excluding hydrogens is 266 g/mol. The van der Waals surface area contributed by atoms with Gasteiger partial charge in [0, 0.05) is 10.7 Å². The minimum atomic E-state index is -3.87. The Labute approximate surface area is 102 Å². The van der Waals surface area contributed by atoms with E-state index in [0.717, 1.165) is 0 Å². The van der Waals surface area contributed by atoms with Crippen LogP contribution in [0.25, 0.3) is 11.5 Å². The first-order valence-electron chi connectivity index (χ1n) is 4.55. The average molecular weight is 274 g/mol. The summed E-state index contributed by atoms with van der Waals surface area (Å²) in [4.78, 5) is 3.82. The molecule has 0 saturated carbocycles. The van der Waals surface area contributed by atoms with Crippen LogP contribution in [0.1, 0.15) is 0 Å². The molecule has 2 aromatic rings. The molecule has 0 radical (unpaired) electrons. The fourth-order valence-electron chi connectivity index (χ4n) is 1.37. The normalized spacial score (nSPS) is 11.4. The van der Waals surface area contributed by atoms with Gasteiger partial charge in [0.2, 0.25) is 5.89 Å². The summed E-state index contributed by atoms with van der Waals surface area (Å²) < 4.78 is 32.9. The first kappa shape index (κ1) is 11.9. The third-order valence-corrected chi connectivity index (χ3v) is 3.49. The predicted octanol–water partition coefficient (Wildman–Crippen LogP) is 2.28. The molecule has 0 aliphatic heterocycles. The molecule has 0 aliphatic carbocycles. The lowest BCUT2D eigenvalue weighted by Crippen LogP contribution is -1.96. The standard InChI is InChI=1S/C10H8ClNO4S/c1-15-7-2-3-9(17(11,13)14)8(6-7)10-12-4-5-16-10/h2-6H,1H3. The van der Waals surface area contributed by atoms with Crippen molar-refractivity contribution >= 4 is 19.7 Å². The molecular formula is C10H8ClNO4S. The predicted molar refractivity (Wildman–Crippen MR) is 61.5 cm³/mol. The SMILES string of the molecule is COc1ccc(S(=O)(=O)Cl)c(-c2ncco2)c1. The number of halogens is 1. The number of hydrogen-bond donors (Lipinski definition) is 0. The summed E-state index contributed by atoms with van der Waals surface area (Å²) in [5, 5.41) is 0. The van der Waals surface area contributed by atoms with E-state index in [-0.39, 0.29) is 16.3 Å². The van der Waals surface area contributed by atoms with Crippen LogP contribution in [0.15, 0.2) is 40.0 Å². The number of ether oxygens (including phenoxy) is 1. The summed E-state index contributed by atoms with van der Waals surface area (Å²) in [6.45, 7) is 0. The van der Waals surface area contributed by atoms with Crippen LogP contribution < -0.4 is 4.74 Å². The Morgan fingerprint density at radius 2 is 2.18 bits per heavy atom. The maximum Gasteiger partial charge on any atom is 0.262 e. The summed E-state index contributed by atoms with van der Waals surface area (Å²) in [5.74, 6) is 0.658. The van der Waals surface area contributed by atoms with Crippen LogP contribution in [0.5, 0.6) is 5.75 Å². The fraction of sp³-hybridized carbons (Fsp3) is 0.100. The van der Waals surface area contributed by atoms with Crippen LogP contribution in [0.2, 0.25) is 0 Å². The highest BCUT2D eigenvalue weighted by atomic mass is 35.7. The van der Waals surface area contributed by atoms with E-state index >= 15 is 0 Å². The molecule has 0 N–H and O–H groups in total. The van der Waals surface area contributed by atoms with Gasteiger partial charge in [-0.25, -0.2) is 13.4 Å². The van der Waals surface area contributed by atoms with Gasteiger partial charge in [0.15, 0.2) is 0 Å². The molecule has 0 aliphatic rings. The van der Waals surface area contributed by atoms with Gasteiger partial charge >= 0.3 is 0 Å². The van der Waals surface area contributed by atoms with Gasteiger partial charge in [-0.2, -0.15) is 0 Å². The molecule has 5 nitrogen and oxygen atoms in total. The number of nitrogens with zero attached hydrogens (tertiary/aromatic N) is 1. The fourth-order valence-corrected chi connectivity index (χ4v) is 2.42. The molecule has 0 saturated heterocycles. The van der Waals surface area contributed by atoms with Crippen molar-refractivity contribution in [3.05, 3.63) is 30.7 Å². The highest BCUT2D eigenvalue weighted by molar-refractivity contribution is 8.13. The Hall–Kier alpha value is -1.53. The van der Waals surface area contributed by atoms with Gasteiger partial charge < -0.3 is 9.15 Å². The van der Waals surface area contributed by atoms with E-state index in [1.54, 1.807) is 0 Å². The molecule has 0 atom stereocenters. The van der Waals surface area contributed by atoms with Crippen LogP contribution in [-0.2, 0) is 9.05 Å². The molecule has 7 heteroatoms. The summed E-state index contributed by atoms with van der Waals surface area (Å²) in [6, 6.07) is 4.35. The minimum absolute atomic E-state index is 0.0672. The van der Waals surface area contributed by atoms with Gasteiger partial charge in [0.1, 0.15) is 12.0 Å². The Morgan fingerprint density at radius 3 is 2.71 bits per heavy atom. The zero-order valence-electron chi connectivity index (χ0n) is 8.75. The topological polar surface area (TPSA) is 69.4 Å². The maximum atomic E-state index is 11.4. The Morgan fingerprint density at radius 1 is 1.41 bits per heavy atom. The van der Waals surface area contributed by atoms with Crippen molar-refractivity contribution in [1.82, 2.24) is 4.98 Å². The van der Waals surface area contributed by atoms with Crippen LogP contribution in [0.3, 0.4) is 0 Å². The highest BCUT2D eigenvalue weighted by Crippen LogP contribution is 2.31. The van der Waals surface area contributed by atoms with Crippen molar-refractivity contribution in [1.29, 1.82) is 0 Å². The van der Waals surface area contributed by atoms with Crippen molar-refractivity contribution in [2.75, 3.05) is 7.11 Å². The van der Waals surface area contributed by atoms with Crippen LogP contribution >= 0.6 is 10.7 Å². The Balaban J connectivity index is 2.69. The summed E-state index contributed by atoms with van der Waals surface area (Å²) in [6.07, 6.45) is 2.76. The number of rotatable bonds is 3. The Kier molecular flexibility index (Phi) is 3.08. The summed E-state index contributed by atoms with van der Waals surface area (Å²) in [7, 11) is 2.95. The van der Waals surface area contributed by atoms with Gasteiger partial charge in [-0.15, -0.1) is 0 Å². The molecule has 17 heavy (non-hydrogen) atoms. The van der Waals surface area contributed by atoms with Crippen molar-refractivity contribution in [2.45, 2.75) is 4.90 Å². The van der Waals surface area contributed by atoms with Gasteiger partial charge in [0.25, 0.3) is 9.05 Å². The quantitative estimate of drug-likeness (QED) is 0.803. The van der Waals surface area contributed by atoms with E-state index in [1.807, 2.05) is 0 Å². The van der Waals surface area contributed by atoms with Crippen LogP contribution in [0, 0.1) is 0 Å². The van der Waals surface area contributed by atoms with E-state index in [9.17, 15) is 8.42 Å². The van der Waals surface area contributed by atoms with Gasteiger partial charge in [-0.05, 0) is 18.2 Å².